The fourth-order valence-electron chi connectivity index (χ4n) is 3.34. The molecular weight excluding hydrogens is 464 g/mol. The zero-order valence-corrected chi connectivity index (χ0v) is 18.5. The van der Waals surface area contributed by atoms with Gasteiger partial charge in [-0.25, -0.2) is 4.79 Å². The van der Waals surface area contributed by atoms with Crippen molar-refractivity contribution in [1.29, 1.82) is 0 Å². The zero-order valence-electron chi connectivity index (χ0n) is 16.9. The number of nitro groups is 1. The highest BCUT2D eigenvalue weighted by Gasteiger charge is 2.40. The number of furan rings is 1. The van der Waals surface area contributed by atoms with Gasteiger partial charge in [0.25, 0.3) is 11.6 Å². The molecule has 4 rings (SSSR count). The second-order valence-electron chi connectivity index (χ2n) is 7.10. The largest absolute Gasteiger partial charge is 0.480 e. The molecule has 33 heavy (non-hydrogen) atoms. The van der Waals surface area contributed by atoms with Crippen molar-refractivity contribution in [2.45, 2.75) is 12.5 Å². The van der Waals surface area contributed by atoms with Crippen LogP contribution in [0.3, 0.4) is 0 Å². The number of carbonyl (C=O) groups excluding carboxylic acids is 1. The average molecular weight is 481 g/mol. The zero-order chi connectivity index (χ0) is 23.5. The lowest BCUT2D eigenvalue weighted by atomic mass is 10.0. The monoisotopic (exact) mass is 480 g/mol. The van der Waals surface area contributed by atoms with E-state index in [1.54, 1.807) is 48.5 Å². The van der Waals surface area contributed by atoms with Crippen LogP contribution in [0.5, 0.6) is 0 Å². The summed E-state index contributed by atoms with van der Waals surface area (Å²) < 4.78 is 5.93. The molecule has 0 saturated carbocycles. The van der Waals surface area contributed by atoms with Crippen LogP contribution in [0.15, 0.2) is 76.1 Å². The molecule has 1 atom stereocenters. The highest BCUT2D eigenvalue weighted by Crippen LogP contribution is 2.35. The second kappa shape index (κ2) is 9.39. The normalized spacial score (nSPS) is 15.8. The van der Waals surface area contributed by atoms with Gasteiger partial charge in [0.05, 0.1) is 9.83 Å². The van der Waals surface area contributed by atoms with E-state index in [0.29, 0.717) is 17.1 Å². The molecule has 0 bridgehead atoms. The first kappa shape index (κ1) is 22.4. The number of amides is 1. The van der Waals surface area contributed by atoms with E-state index in [2.05, 4.69) is 0 Å². The van der Waals surface area contributed by atoms with E-state index >= 15 is 0 Å². The third-order valence-electron chi connectivity index (χ3n) is 4.95. The number of hydrogen-bond acceptors (Lipinski definition) is 7. The number of non-ortho nitro benzene ring substituents is 1. The average Bonchev–Trinajstić information content (AvgIpc) is 3.37. The maximum absolute atomic E-state index is 13.0. The van der Waals surface area contributed by atoms with Crippen molar-refractivity contribution in [2.75, 3.05) is 0 Å². The molecule has 1 amide bonds. The molecular formula is C23H16N2O6S2. The Balaban J connectivity index is 1.55. The van der Waals surface area contributed by atoms with Gasteiger partial charge in [-0.05, 0) is 29.8 Å². The van der Waals surface area contributed by atoms with Crippen LogP contribution in [0.25, 0.3) is 17.4 Å². The van der Waals surface area contributed by atoms with Crippen LogP contribution in [-0.2, 0) is 16.0 Å². The van der Waals surface area contributed by atoms with Crippen LogP contribution in [0, 0.1) is 10.1 Å². The molecule has 2 aromatic carbocycles. The van der Waals surface area contributed by atoms with Crippen LogP contribution in [0.2, 0.25) is 0 Å². The molecule has 3 aromatic rings. The molecule has 166 valence electrons. The number of nitrogens with zero attached hydrogens (tertiary/aromatic N) is 2. The smallest absolute Gasteiger partial charge is 0.327 e. The van der Waals surface area contributed by atoms with Gasteiger partial charge < -0.3 is 9.52 Å². The summed E-state index contributed by atoms with van der Waals surface area (Å²) in [5.74, 6) is -0.797. The Kier molecular flexibility index (Phi) is 6.38. The van der Waals surface area contributed by atoms with Crippen LogP contribution in [0.4, 0.5) is 5.69 Å². The van der Waals surface area contributed by atoms with E-state index in [1.807, 2.05) is 6.07 Å². The summed E-state index contributed by atoms with van der Waals surface area (Å²) in [6.07, 6.45) is 1.64. The van der Waals surface area contributed by atoms with E-state index in [4.69, 9.17) is 16.6 Å². The molecule has 0 unspecified atom stereocenters. The summed E-state index contributed by atoms with van der Waals surface area (Å²) >= 11 is 6.33. The maximum Gasteiger partial charge on any atom is 0.327 e. The van der Waals surface area contributed by atoms with Crippen molar-refractivity contribution in [3.8, 4) is 11.3 Å². The van der Waals surface area contributed by atoms with Gasteiger partial charge >= 0.3 is 5.97 Å². The van der Waals surface area contributed by atoms with Crippen molar-refractivity contribution in [3.63, 3.8) is 0 Å². The topological polar surface area (TPSA) is 114 Å². The van der Waals surface area contributed by atoms with Crippen LogP contribution >= 0.6 is 24.0 Å². The Morgan fingerprint density at radius 3 is 2.48 bits per heavy atom. The van der Waals surface area contributed by atoms with Crippen LogP contribution in [0.1, 0.15) is 11.3 Å². The third kappa shape index (κ3) is 4.86. The minimum Gasteiger partial charge on any atom is -0.480 e. The van der Waals surface area contributed by atoms with E-state index < -0.39 is 22.8 Å². The third-order valence-corrected chi connectivity index (χ3v) is 6.29. The highest BCUT2D eigenvalue weighted by atomic mass is 32.2. The number of carboxylic acids is 1. The van der Waals surface area contributed by atoms with E-state index in [1.165, 1.54) is 18.2 Å². The number of carboxylic acid groups (broad SMARTS) is 1. The summed E-state index contributed by atoms with van der Waals surface area (Å²) in [7, 11) is 0. The Bertz CT molecular complexity index is 1270. The van der Waals surface area contributed by atoms with Crippen molar-refractivity contribution in [2.24, 2.45) is 0 Å². The molecule has 0 aliphatic carbocycles. The Hall–Kier alpha value is -3.76. The first-order valence-corrected chi connectivity index (χ1v) is 10.9. The summed E-state index contributed by atoms with van der Waals surface area (Å²) in [4.78, 5) is 36.7. The summed E-state index contributed by atoms with van der Waals surface area (Å²) in [6, 6.07) is 17.1. The van der Waals surface area contributed by atoms with Gasteiger partial charge in [0.15, 0.2) is 0 Å². The van der Waals surface area contributed by atoms with Crippen molar-refractivity contribution < 1.29 is 24.0 Å². The molecule has 10 heteroatoms. The number of thioether (sulfide) groups is 1. The number of thiocarbonyl (C=S) groups is 1. The number of benzene rings is 2. The predicted octanol–water partition coefficient (Wildman–Crippen LogP) is 4.75. The van der Waals surface area contributed by atoms with Gasteiger partial charge in [0.2, 0.25) is 0 Å². The molecule has 1 N–H and O–H groups in total. The minimum absolute atomic E-state index is 0.0299. The van der Waals surface area contributed by atoms with Gasteiger partial charge in [-0.2, -0.15) is 0 Å². The molecule has 1 aromatic heterocycles. The van der Waals surface area contributed by atoms with E-state index in [9.17, 15) is 24.8 Å². The minimum atomic E-state index is -1.14. The lowest BCUT2D eigenvalue weighted by Crippen LogP contribution is -2.45. The lowest BCUT2D eigenvalue weighted by Gasteiger charge is -2.23. The number of carbonyl (C=O) groups is 2. The van der Waals surface area contributed by atoms with Gasteiger partial charge in [-0.3, -0.25) is 19.8 Å². The van der Waals surface area contributed by atoms with Crippen molar-refractivity contribution >= 4 is 51.9 Å². The SMILES string of the molecule is O=C(O)[C@H](Cc1ccccc1)N1C(=O)/C(=C/c2ccc(-c3ccc([N+](=O)[O-])cc3)o2)SC1=S. The number of rotatable bonds is 7. The van der Waals surface area contributed by atoms with Crippen LogP contribution in [-0.4, -0.2) is 37.2 Å². The number of nitro benzene ring substituents is 1. The first-order chi connectivity index (χ1) is 15.8. The Morgan fingerprint density at radius 2 is 1.85 bits per heavy atom. The fraction of sp³-hybridized carbons (Fsp3) is 0.0870. The first-order valence-electron chi connectivity index (χ1n) is 9.72. The van der Waals surface area contributed by atoms with E-state index in [0.717, 1.165) is 22.2 Å². The van der Waals surface area contributed by atoms with Crippen molar-refractivity contribution in [1.82, 2.24) is 4.90 Å². The fourth-order valence-corrected chi connectivity index (χ4v) is 4.67. The molecule has 1 saturated heterocycles. The van der Waals surface area contributed by atoms with E-state index in [-0.39, 0.29) is 21.3 Å². The second-order valence-corrected chi connectivity index (χ2v) is 8.78. The number of aliphatic carboxylic acids is 1. The summed E-state index contributed by atoms with van der Waals surface area (Å²) in [6.45, 7) is 0. The predicted molar refractivity (Wildman–Crippen MR) is 127 cm³/mol. The lowest BCUT2D eigenvalue weighted by molar-refractivity contribution is -0.384. The Labute approximate surface area is 197 Å². The molecule has 1 aliphatic heterocycles. The quantitative estimate of drug-likeness (QED) is 0.223. The number of hydrogen-bond donors (Lipinski definition) is 1. The van der Waals surface area contributed by atoms with Gasteiger partial charge in [-0.15, -0.1) is 0 Å². The standard InChI is InChI=1S/C23H16N2O6S2/c26-21-20(13-17-10-11-19(31-17)15-6-8-16(9-7-15)25(29)30)33-23(32)24(21)18(22(27)28)12-14-4-2-1-3-5-14/h1-11,13,18H,12H2,(H,27,28)/b20-13-/t18-/m0/s1. The van der Waals surface area contributed by atoms with Gasteiger partial charge in [0.1, 0.15) is 21.9 Å². The molecule has 0 spiro atoms. The highest BCUT2D eigenvalue weighted by molar-refractivity contribution is 8.26. The van der Waals surface area contributed by atoms with Gasteiger partial charge in [-0.1, -0.05) is 54.3 Å². The molecule has 8 nitrogen and oxygen atoms in total. The summed E-state index contributed by atoms with van der Waals surface area (Å²) in [5, 5.41) is 20.6. The molecule has 2 heterocycles. The maximum atomic E-state index is 13.0. The van der Waals surface area contributed by atoms with Crippen LogP contribution < -0.4 is 0 Å². The summed E-state index contributed by atoms with van der Waals surface area (Å²) in [5.41, 5.74) is 1.39. The Morgan fingerprint density at radius 1 is 1.15 bits per heavy atom. The van der Waals surface area contributed by atoms with Crippen molar-refractivity contribution in [3.05, 3.63) is 93.1 Å². The molecule has 1 aliphatic rings. The molecule has 1 fully saturated rings. The van der Waals surface area contributed by atoms with Gasteiger partial charge in [0, 0.05) is 30.2 Å². The molecule has 0 radical (unpaired) electrons.